The van der Waals surface area contributed by atoms with Gasteiger partial charge < -0.3 is 18.8 Å². The van der Waals surface area contributed by atoms with Gasteiger partial charge in [0.15, 0.2) is 23.2 Å². The molecule has 0 aliphatic carbocycles. The average molecular weight is 574 g/mol. The van der Waals surface area contributed by atoms with Crippen LogP contribution in [0, 0.1) is 17.5 Å². The predicted molar refractivity (Wildman–Crippen MR) is 156 cm³/mol. The fourth-order valence-electron chi connectivity index (χ4n) is 5.33. The summed E-state index contributed by atoms with van der Waals surface area (Å²) in [7, 11) is 2.88. The molecule has 0 aliphatic rings. The smallest absolute Gasteiger partial charge is 0.337 e. The fraction of sp³-hybridized carbons (Fsp3) is 0.206. The number of nitrogens with zero attached hydrogens (tertiary/aromatic N) is 1. The number of ether oxygens (including phenoxy) is 3. The van der Waals surface area contributed by atoms with Crippen molar-refractivity contribution in [1.82, 2.24) is 4.57 Å². The molecule has 0 unspecified atom stereocenters. The van der Waals surface area contributed by atoms with Crippen molar-refractivity contribution in [3.05, 3.63) is 119 Å². The van der Waals surface area contributed by atoms with Crippen LogP contribution in [0.25, 0.3) is 27.7 Å². The molecule has 5 rings (SSSR count). The van der Waals surface area contributed by atoms with E-state index in [1.807, 2.05) is 44.2 Å². The van der Waals surface area contributed by atoms with Crippen LogP contribution in [-0.4, -0.2) is 31.4 Å². The highest BCUT2D eigenvalue weighted by atomic mass is 19.2. The Morgan fingerprint density at radius 1 is 0.833 bits per heavy atom. The number of halogens is 3. The van der Waals surface area contributed by atoms with Gasteiger partial charge >= 0.3 is 5.97 Å². The van der Waals surface area contributed by atoms with Gasteiger partial charge in [0.2, 0.25) is 0 Å². The number of hydrogen-bond donors (Lipinski definition) is 0. The quantitative estimate of drug-likeness (QED) is 0.168. The summed E-state index contributed by atoms with van der Waals surface area (Å²) in [4.78, 5) is 12.2. The van der Waals surface area contributed by atoms with Crippen molar-refractivity contribution in [2.45, 2.75) is 25.9 Å². The maximum Gasteiger partial charge on any atom is 0.337 e. The van der Waals surface area contributed by atoms with E-state index in [1.165, 1.54) is 19.2 Å². The van der Waals surface area contributed by atoms with Crippen LogP contribution < -0.4 is 4.74 Å². The van der Waals surface area contributed by atoms with E-state index in [-0.39, 0.29) is 19.0 Å². The third-order valence-corrected chi connectivity index (χ3v) is 7.17. The number of rotatable bonds is 9. The number of fused-ring (bicyclic) bond motifs is 1. The summed E-state index contributed by atoms with van der Waals surface area (Å²) < 4.78 is 62.8. The van der Waals surface area contributed by atoms with E-state index in [0.717, 1.165) is 17.7 Å². The van der Waals surface area contributed by atoms with Gasteiger partial charge in [-0.1, -0.05) is 56.3 Å². The molecule has 0 atom stereocenters. The number of carbonyl (C=O) groups excluding carboxylic acids is 1. The lowest BCUT2D eigenvalue weighted by Crippen LogP contribution is -2.27. The molecule has 4 aromatic carbocycles. The summed E-state index contributed by atoms with van der Waals surface area (Å²) in [5.41, 5.74) is 3.26. The van der Waals surface area contributed by atoms with Crippen LogP contribution in [0.15, 0.2) is 84.9 Å². The first-order chi connectivity index (χ1) is 20.2. The molecular weight excluding hydrogens is 543 g/mol. The molecule has 0 fully saturated rings. The number of benzene rings is 4. The summed E-state index contributed by atoms with van der Waals surface area (Å²) in [5.74, 6) is -3.06. The van der Waals surface area contributed by atoms with E-state index in [2.05, 4.69) is 0 Å². The lowest BCUT2D eigenvalue weighted by molar-refractivity contribution is 0.0600. The van der Waals surface area contributed by atoms with Crippen molar-refractivity contribution in [1.29, 1.82) is 0 Å². The molecule has 0 saturated carbocycles. The normalized spacial score (nSPS) is 11.6. The number of carbonyl (C=O) groups is 1. The molecule has 0 radical (unpaired) electrons. The number of aromatic nitrogens is 1. The Labute approximate surface area is 242 Å². The lowest BCUT2D eigenvalue weighted by Gasteiger charge is -2.28. The van der Waals surface area contributed by atoms with Crippen LogP contribution in [0.4, 0.5) is 13.2 Å². The Kier molecular flexibility index (Phi) is 8.09. The minimum absolute atomic E-state index is 0.0131. The maximum absolute atomic E-state index is 15.7. The minimum Gasteiger partial charge on any atom is -0.485 e. The minimum atomic E-state index is -1.02. The molecule has 0 amide bonds. The van der Waals surface area contributed by atoms with E-state index in [4.69, 9.17) is 14.2 Å². The monoisotopic (exact) mass is 573 g/mol. The standard InChI is InChI=1S/C34H30F3NO4/c1-34(2,20-40-3)32-29(22-10-12-23(13-11-22)33(39)41-4)30-28(38(32)24-14-15-25(35)27(37)18-24)17-16-26(36)31(30)42-19-21-8-6-5-7-9-21/h5-18H,19-20H2,1-4H3. The van der Waals surface area contributed by atoms with Crippen LogP contribution in [0.3, 0.4) is 0 Å². The fourth-order valence-corrected chi connectivity index (χ4v) is 5.33. The van der Waals surface area contributed by atoms with Gasteiger partial charge in [-0.15, -0.1) is 0 Å². The van der Waals surface area contributed by atoms with Crippen molar-refractivity contribution in [2.75, 3.05) is 20.8 Å². The molecular formula is C34H30F3NO4. The molecule has 0 N–H and O–H groups in total. The number of methoxy groups -OCH3 is 2. The van der Waals surface area contributed by atoms with Crippen LogP contribution in [-0.2, 0) is 21.5 Å². The maximum atomic E-state index is 15.7. The van der Waals surface area contributed by atoms with Gasteiger partial charge in [0, 0.05) is 35.5 Å². The average Bonchev–Trinajstić information content (AvgIpc) is 3.34. The second-order valence-electron chi connectivity index (χ2n) is 10.6. The Morgan fingerprint density at radius 3 is 2.17 bits per heavy atom. The lowest BCUT2D eigenvalue weighted by atomic mass is 9.84. The number of hydrogen-bond acceptors (Lipinski definition) is 4. The van der Waals surface area contributed by atoms with E-state index in [9.17, 15) is 13.6 Å². The van der Waals surface area contributed by atoms with Gasteiger partial charge in [-0.2, -0.15) is 0 Å². The molecule has 0 saturated heterocycles. The predicted octanol–water partition coefficient (Wildman–Crippen LogP) is 8.00. The third kappa shape index (κ3) is 5.37. The van der Waals surface area contributed by atoms with Gasteiger partial charge in [-0.25, -0.2) is 18.0 Å². The second-order valence-corrected chi connectivity index (χ2v) is 10.6. The molecule has 0 spiro atoms. The zero-order valence-corrected chi connectivity index (χ0v) is 23.7. The Hall–Kier alpha value is -4.56. The summed E-state index contributed by atoms with van der Waals surface area (Å²) in [6, 6.07) is 22.7. The summed E-state index contributed by atoms with van der Waals surface area (Å²) in [6.45, 7) is 4.26. The van der Waals surface area contributed by atoms with Crippen molar-refractivity contribution >= 4 is 16.9 Å². The van der Waals surface area contributed by atoms with E-state index in [1.54, 1.807) is 42.0 Å². The highest BCUT2D eigenvalue weighted by Crippen LogP contribution is 2.47. The topological polar surface area (TPSA) is 49.7 Å². The van der Waals surface area contributed by atoms with Crippen LogP contribution in [0.1, 0.15) is 35.5 Å². The van der Waals surface area contributed by atoms with Crippen LogP contribution >= 0.6 is 0 Å². The Balaban J connectivity index is 1.88. The molecule has 0 aliphatic heterocycles. The van der Waals surface area contributed by atoms with E-state index in [0.29, 0.717) is 39.0 Å². The molecule has 5 aromatic rings. The summed E-state index contributed by atoms with van der Waals surface area (Å²) in [6.07, 6.45) is 0. The third-order valence-electron chi connectivity index (χ3n) is 7.17. The van der Waals surface area contributed by atoms with E-state index >= 15 is 4.39 Å². The van der Waals surface area contributed by atoms with Gasteiger partial charge in [0.1, 0.15) is 6.61 Å². The molecule has 5 nitrogen and oxygen atoms in total. The second kappa shape index (κ2) is 11.7. The summed E-state index contributed by atoms with van der Waals surface area (Å²) >= 11 is 0. The van der Waals surface area contributed by atoms with Crippen molar-refractivity contribution in [3.63, 3.8) is 0 Å². The van der Waals surface area contributed by atoms with Crippen LogP contribution in [0.5, 0.6) is 5.75 Å². The first-order valence-electron chi connectivity index (χ1n) is 13.3. The largest absolute Gasteiger partial charge is 0.485 e. The van der Waals surface area contributed by atoms with Gasteiger partial charge in [-0.3, -0.25) is 0 Å². The highest BCUT2D eigenvalue weighted by Gasteiger charge is 2.34. The van der Waals surface area contributed by atoms with E-state index < -0.39 is 28.8 Å². The first kappa shape index (κ1) is 29.0. The zero-order valence-electron chi connectivity index (χ0n) is 23.7. The van der Waals surface area contributed by atoms with Gasteiger partial charge in [-0.05, 0) is 47.5 Å². The SMILES string of the molecule is COCC(C)(C)c1c(-c2ccc(C(=O)OC)cc2)c2c(OCc3ccccc3)c(F)ccc2n1-c1ccc(F)c(F)c1. The van der Waals surface area contributed by atoms with Crippen molar-refractivity contribution in [3.8, 4) is 22.6 Å². The van der Waals surface area contributed by atoms with Crippen LogP contribution in [0.2, 0.25) is 0 Å². The molecule has 0 bridgehead atoms. The summed E-state index contributed by atoms with van der Waals surface area (Å²) in [5, 5.41) is 0.445. The van der Waals surface area contributed by atoms with Crippen molar-refractivity contribution < 1.29 is 32.2 Å². The first-order valence-corrected chi connectivity index (χ1v) is 13.3. The Morgan fingerprint density at radius 2 is 1.52 bits per heavy atom. The highest BCUT2D eigenvalue weighted by molar-refractivity contribution is 6.04. The number of esters is 1. The molecule has 1 heterocycles. The zero-order chi connectivity index (χ0) is 30.0. The Bertz CT molecular complexity index is 1750. The molecule has 42 heavy (non-hydrogen) atoms. The van der Waals surface area contributed by atoms with Gasteiger partial charge in [0.25, 0.3) is 0 Å². The van der Waals surface area contributed by atoms with Crippen molar-refractivity contribution in [2.24, 2.45) is 0 Å². The molecule has 8 heteroatoms. The molecule has 216 valence electrons. The molecule has 1 aromatic heterocycles. The van der Waals surface area contributed by atoms with Gasteiger partial charge in [0.05, 0.1) is 30.2 Å².